The Balaban J connectivity index is 1.39. The number of para-hydroxylation sites is 1. The van der Waals surface area contributed by atoms with Gasteiger partial charge in [-0.05, 0) is 49.7 Å². The number of pyridine rings is 1. The molecule has 2 N–H and O–H groups in total. The highest BCUT2D eigenvalue weighted by Crippen LogP contribution is 2.27. The van der Waals surface area contributed by atoms with E-state index in [4.69, 9.17) is 9.72 Å². The smallest absolute Gasteiger partial charge is 0.230 e. The van der Waals surface area contributed by atoms with E-state index in [1.165, 1.54) is 11.3 Å². The van der Waals surface area contributed by atoms with Crippen molar-refractivity contribution in [2.24, 2.45) is 0 Å². The molecule has 0 bridgehead atoms. The van der Waals surface area contributed by atoms with Crippen molar-refractivity contribution < 1.29 is 9.53 Å². The first-order chi connectivity index (χ1) is 15.7. The predicted octanol–water partition coefficient (Wildman–Crippen LogP) is 4.67. The lowest BCUT2D eigenvalue weighted by molar-refractivity contribution is -0.115. The van der Waals surface area contributed by atoms with E-state index in [0.29, 0.717) is 5.13 Å². The number of nitrogens with one attached hydrogen (secondary N) is 2. The second-order valence-electron chi connectivity index (χ2n) is 7.84. The molecule has 0 radical (unpaired) electrons. The summed E-state index contributed by atoms with van der Waals surface area (Å²) in [6, 6.07) is 18.1. The predicted molar refractivity (Wildman–Crippen MR) is 128 cm³/mol. The molecule has 1 aliphatic heterocycles. The first-order valence-electron chi connectivity index (χ1n) is 10.8. The molecule has 5 rings (SSSR count). The molecule has 7 heteroatoms. The number of rotatable bonds is 6. The molecule has 0 unspecified atom stereocenters. The molecular weight excluding hydrogens is 420 g/mol. The van der Waals surface area contributed by atoms with Crippen LogP contribution >= 0.6 is 11.3 Å². The van der Waals surface area contributed by atoms with Crippen LogP contribution in [-0.2, 0) is 11.2 Å². The number of fused-ring (bicyclic) bond motifs is 1. The zero-order chi connectivity index (χ0) is 21.8. The van der Waals surface area contributed by atoms with Crippen molar-refractivity contribution in [2.45, 2.75) is 25.4 Å². The van der Waals surface area contributed by atoms with Crippen LogP contribution in [0.2, 0.25) is 0 Å². The number of carbonyl (C=O) groups excluding carboxylic acids is 1. The summed E-state index contributed by atoms with van der Waals surface area (Å²) in [5, 5.41) is 9.66. The Morgan fingerprint density at radius 2 is 2.00 bits per heavy atom. The number of hydrogen-bond acceptors (Lipinski definition) is 6. The van der Waals surface area contributed by atoms with E-state index in [2.05, 4.69) is 21.7 Å². The van der Waals surface area contributed by atoms with Crippen LogP contribution < -0.4 is 15.4 Å². The highest BCUT2D eigenvalue weighted by molar-refractivity contribution is 7.13. The maximum atomic E-state index is 12.5. The van der Waals surface area contributed by atoms with Crippen LogP contribution in [0.3, 0.4) is 0 Å². The molecule has 0 saturated carbocycles. The minimum absolute atomic E-state index is 0.1000. The number of anilines is 1. The van der Waals surface area contributed by atoms with Crippen LogP contribution in [0.15, 0.2) is 66.2 Å². The first-order valence-corrected chi connectivity index (χ1v) is 11.7. The Hall–Kier alpha value is -3.29. The van der Waals surface area contributed by atoms with Gasteiger partial charge in [0.25, 0.3) is 0 Å². The summed E-state index contributed by atoms with van der Waals surface area (Å²) in [4.78, 5) is 21.6. The van der Waals surface area contributed by atoms with E-state index in [-0.39, 0.29) is 18.4 Å². The van der Waals surface area contributed by atoms with Crippen molar-refractivity contribution >= 4 is 33.3 Å². The van der Waals surface area contributed by atoms with Crippen LogP contribution in [0.25, 0.3) is 22.2 Å². The van der Waals surface area contributed by atoms with Gasteiger partial charge >= 0.3 is 0 Å². The summed E-state index contributed by atoms with van der Waals surface area (Å²) in [5.41, 5.74) is 3.59. The van der Waals surface area contributed by atoms with Crippen molar-refractivity contribution in [2.75, 3.05) is 18.4 Å². The molecule has 2 aromatic carbocycles. The van der Waals surface area contributed by atoms with E-state index in [1.54, 1.807) is 6.20 Å². The van der Waals surface area contributed by atoms with Gasteiger partial charge in [0.15, 0.2) is 5.13 Å². The number of ether oxygens (including phenoxy) is 1. The van der Waals surface area contributed by atoms with Crippen LogP contribution in [0.4, 0.5) is 5.13 Å². The number of piperidine rings is 1. The fourth-order valence-corrected chi connectivity index (χ4v) is 4.51. The van der Waals surface area contributed by atoms with Gasteiger partial charge < -0.3 is 15.4 Å². The average molecular weight is 445 g/mol. The molecule has 162 valence electrons. The van der Waals surface area contributed by atoms with Gasteiger partial charge in [-0.15, -0.1) is 11.3 Å². The summed E-state index contributed by atoms with van der Waals surface area (Å²) in [6.07, 6.45) is 4.20. The fourth-order valence-electron chi connectivity index (χ4n) is 3.97. The minimum Gasteiger partial charge on any atom is -0.490 e. The number of aromatic nitrogens is 2. The topological polar surface area (TPSA) is 76.1 Å². The molecule has 1 amide bonds. The highest BCUT2D eigenvalue weighted by Gasteiger charge is 2.15. The van der Waals surface area contributed by atoms with E-state index in [0.717, 1.165) is 59.4 Å². The molecule has 0 atom stereocenters. The average Bonchev–Trinajstić information content (AvgIpc) is 3.33. The standard InChI is InChI=1S/C25H24N4O2S/c30-23(29-25-27-13-14-32-25)16-19-5-1-3-17-7-8-22(28-24(17)19)18-4-2-6-21(15-18)31-20-9-11-26-12-10-20/h1-8,13-15,20,26H,9-12,16H2,(H,27,29,30). The third-order valence-electron chi connectivity index (χ3n) is 5.55. The Morgan fingerprint density at radius 1 is 1.12 bits per heavy atom. The molecule has 1 aliphatic rings. The Kier molecular flexibility index (Phi) is 6.09. The van der Waals surface area contributed by atoms with Gasteiger partial charge in [0.1, 0.15) is 11.9 Å². The lowest BCUT2D eigenvalue weighted by atomic mass is 10.0. The number of benzene rings is 2. The Labute approximate surface area is 190 Å². The van der Waals surface area contributed by atoms with E-state index in [1.807, 2.05) is 53.9 Å². The number of carbonyl (C=O) groups is 1. The molecule has 4 aromatic rings. The Bertz CT molecular complexity index is 1220. The molecule has 6 nitrogen and oxygen atoms in total. The molecule has 1 fully saturated rings. The summed E-state index contributed by atoms with van der Waals surface area (Å²) >= 11 is 1.40. The lowest BCUT2D eigenvalue weighted by Crippen LogP contribution is -2.34. The summed E-state index contributed by atoms with van der Waals surface area (Å²) in [5.74, 6) is 0.768. The van der Waals surface area contributed by atoms with Crippen molar-refractivity contribution in [3.8, 4) is 17.0 Å². The quantitative estimate of drug-likeness (QED) is 0.452. The maximum Gasteiger partial charge on any atom is 0.230 e. The SMILES string of the molecule is O=C(Cc1cccc2ccc(-c3cccc(OC4CCNCC4)c3)nc12)Nc1nccs1. The summed E-state index contributed by atoms with van der Waals surface area (Å²) in [6.45, 7) is 1.99. The molecule has 1 saturated heterocycles. The zero-order valence-corrected chi connectivity index (χ0v) is 18.4. The van der Waals surface area contributed by atoms with Crippen LogP contribution in [0, 0.1) is 0 Å². The van der Waals surface area contributed by atoms with Gasteiger partial charge in [0.2, 0.25) is 5.91 Å². The molecule has 0 aliphatic carbocycles. The van der Waals surface area contributed by atoms with E-state index < -0.39 is 0 Å². The van der Waals surface area contributed by atoms with Gasteiger partial charge in [-0.25, -0.2) is 9.97 Å². The van der Waals surface area contributed by atoms with Crippen LogP contribution in [0.1, 0.15) is 18.4 Å². The van der Waals surface area contributed by atoms with Gasteiger partial charge in [0, 0.05) is 22.5 Å². The van der Waals surface area contributed by atoms with Crippen LogP contribution in [0.5, 0.6) is 5.75 Å². The van der Waals surface area contributed by atoms with Crippen LogP contribution in [-0.4, -0.2) is 35.1 Å². The highest BCUT2D eigenvalue weighted by atomic mass is 32.1. The van der Waals surface area contributed by atoms with Gasteiger partial charge in [-0.2, -0.15) is 0 Å². The maximum absolute atomic E-state index is 12.5. The number of nitrogens with zero attached hydrogens (tertiary/aromatic N) is 2. The normalized spacial score (nSPS) is 14.4. The van der Waals surface area contributed by atoms with Gasteiger partial charge in [-0.1, -0.05) is 36.4 Å². The minimum atomic E-state index is -0.1000. The van der Waals surface area contributed by atoms with Gasteiger partial charge in [-0.3, -0.25) is 4.79 Å². The van der Waals surface area contributed by atoms with Crippen molar-refractivity contribution in [1.82, 2.24) is 15.3 Å². The second kappa shape index (κ2) is 9.46. The third kappa shape index (κ3) is 4.79. The number of amides is 1. The number of thiazole rings is 1. The summed E-state index contributed by atoms with van der Waals surface area (Å²) < 4.78 is 6.21. The largest absolute Gasteiger partial charge is 0.490 e. The number of hydrogen-bond donors (Lipinski definition) is 2. The molecule has 3 heterocycles. The lowest BCUT2D eigenvalue weighted by Gasteiger charge is -2.24. The Morgan fingerprint density at radius 3 is 2.84 bits per heavy atom. The second-order valence-corrected chi connectivity index (χ2v) is 8.74. The van der Waals surface area contributed by atoms with Crippen molar-refractivity contribution in [3.63, 3.8) is 0 Å². The summed E-state index contributed by atoms with van der Waals surface area (Å²) in [7, 11) is 0. The monoisotopic (exact) mass is 444 g/mol. The van der Waals surface area contributed by atoms with E-state index in [9.17, 15) is 4.79 Å². The molecular formula is C25H24N4O2S. The fraction of sp³-hybridized carbons (Fsp3) is 0.240. The first kappa shape index (κ1) is 20.6. The molecule has 2 aromatic heterocycles. The third-order valence-corrected chi connectivity index (χ3v) is 6.24. The van der Waals surface area contributed by atoms with Crippen molar-refractivity contribution in [3.05, 3.63) is 71.7 Å². The van der Waals surface area contributed by atoms with E-state index >= 15 is 0 Å². The molecule has 0 spiro atoms. The zero-order valence-electron chi connectivity index (χ0n) is 17.6. The molecule has 32 heavy (non-hydrogen) atoms. The van der Waals surface area contributed by atoms with Crippen molar-refractivity contribution in [1.29, 1.82) is 0 Å². The van der Waals surface area contributed by atoms with Gasteiger partial charge in [0.05, 0.1) is 17.6 Å².